The molecule has 0 aliphatic rings. The van der Waals surface area contributed by atoms with Gasteiger partial charge in [0.05, 0.1) is 19.1 Å². The van der Waals surface area contributed by atoms with Crippen molar-refractivity contribution in [2.24, 2.45) is 0 Å². The van der Waals surface area contributed by atoms with Gasteiger partial charge in [-0.2, -0.15) is 4.98 Å². The zero-order valence-electron chi connectivity index (χ0n) is 18.4. The maximum atomic E-state index is 13.0. The lowest BCUT2D eigenvalue weighted by Gasteiger charge is -2.13. The first-order valence-electron chi connectivity index (χ1n) is 10.6. The van der Waals surface area contributed by atoms with Gasteiger partial charge >= 0.3 is 5.97 Å². The van der Waals surface area contributed by atoms with Crippen LogP contribution in [0.15, 0.2) is 71.8 Å². The minimum Gasteiger partial charge on any atom is -0.497 e. The molecule has 0 saturated carbocycles. The van der Waals surface area contributed by atoms with Crippen LogP contribution in [0, 0.1) is 0 Å². The Balaban J connectivity index is 1.67. The van der Waals surface area contributed by atoms with Crippen LogP contribution in [0.25, 0.3) is 16.7 Å². The van der Waals surface area contributed by atoms with Crippen molar-refractivity contribution >= 4 is 23.0 Å². The molecule has 0 aliphatic heterocycles. The Bertz CT molecular complexity index is 1320. The first-order chi connectivity index (χ1) is 16.1. The minimum absolute atomic E-state index is 0.0583. The molecule has 0 radical (unpaired) electrons. The van der Waals surface area contributed by atoms with Crippen molar-refractivity contribution in [3.8, 4) is 11.4 Å². The Morgan fingerprint density at radius 1 is 1.09 bits per heavy atom. The number of hydrogen-bond acceptors (Lipinski definition) is 7. The third-order valence-electron chi connectivity index (χ3n) is 5.13. The molecule has 2 aromatic carbocycles. The number of rotatable bonds is 8. The van der Waals surface area contributed by atoms with Gasteiger partial charge in [0.2, 0.25) is 11.4 Å². The normalized spacial score (nSPS) is 10.7. The largest absolute Gasteiger partial charge is 0.497 e. The molecule has 1 N–H and O–H groups in total. The lowest BCUT2D eigenvalue weighted by Crippen LogP contribution is -2.21. The summed E-state index contributed by atoms with van der Waals surface area (Å²) in [6.07, 6.45) is 3.69. The van der Waals surface area contributed by atoms with Crippen molar-refractivity contribution in [2.75, 3.05) is 25.6 Å². The van der Waals surface area contributed by atoms with Crippen LogP contribution in [-0.2, 0) is 11.2 Å². The maximum absolute atomic E-state index is 13.0. The van der Waals surface area contributed by atoms with E-state index in [0.717, 1.165) is 23.4 Å². The van der Waals surface area contributed by atoms with E-state index in [1.165, 1.54) is 12.4 Å². The molecule has 0 bridgehead atoms. The summed E-state index contributed by atoms with van der Waals surface area (Å²) >= 11 is 0. The van der Waals surface area contributed by atoms with E-state index in [-0.39, 0.29) is 17.6 Å². The van der Waals surface area contributed by atoms with Gasteiger partial charge in [-0.1, -0.05) is 30.3 Å². The summed E-state index contributed by atoms with van der Waals surface area (Å²) in [5, 5.41) is 3.45. The zero-order valence-corrected chi connectivity index (χ0v) is 18.4. The average molecular weight is 444 g/mol. The van der Waals surface area contributed by atoms with E-state index in [4.69, 9.17) is 9.47 Å². The average Bonchev–Trinajstić information content (AvgIpc) is 2.85. The predicted molar refractivity (Wildman–Crippen MR) is 126 cm³/mol. The number of carbonyl (C=O) groups excluding carboxylic acids is 1. The molecule has 8 heteroatoms. The number of hydrogen-bond donors (Lipinski definition) is 1. The Kier molecular flexibility index (Phi) is 6.64. The summed E-state index contributed by atoms with van der Waals surface area (Å²) in [6.45, 7) is 2.48. The first kappa shape index (κ1) is 22.0. The second-order valence-electron chi connectivity index (χ2n) is 7.25. The number of aromatic nitrogens is 3. The molecule has 0 saturated heterocycles. The molecule has 0 unspecified atom stereocenters. The number of ether oxygens (including phenoxy) is 2. The number of esters is 1. The van der Waals surface area contributed by atoms with Crippen molar-refractivity contribution in [2.45, 2.75) is 13.3 Å². The quantitative estimate of drug-likeness (QED) is 0.415. The van der Waals surface area contributed by atoms with Gasteiger partial charge in [-0.15, -0.1) is 0 Å². The molecule has 168 valence electrons. The van der Waals surface area contributed by atoms with Gasteiger partial charge in [0.1, 0.15) is 11.3 Å². The number of carbonyl (C=O) groups is 1. The first-order valence-corrected chi connectivity index (χ1v) is 10.6. The number of anilines is 1. The number of nitrogens with zero attached hydrogens (tertiary/aromatic N) is 3. The SMILES string of the molecule is CCOC(=O)c1cn(-c2ccccc2)c2nc(NCCc3ccc(OC)cc3)ncc2c1=O. The third-order valence-corrected chi connectivity index (χ3v) is 5.13. The van der Waals surface area contributed by atoms with Crippen molar-refractivity contribution in [1.29, 1.82) is 0 Å². The molecule has 0 amide bonds. The van der Waals surface area contributed by atoms with Crippen LogP contribution in [0.4, 0.5) is 5.95 Å². The zero-order chi connectivity index (χ0) is 23.2. The fourth-order valence-corrected chi connectivity index (χ4v) is 3.45. The second-order valence-corrected chi connectivity index (χ2v) is 7.25. The minimum atomic E-state index is -0.671. The summed E-state index contributed by atoms with van der Waals surface area (Å²) in [6, 6.07) is 17.2. The predicted octanol–water partition coefficient (Wildman–Crippen LogP) is 3.62. The van der Waals surface area contributed by atoms with Gasteiger partial charge in [0.15, 0.2) is 5.65 Å². The van der Waals surface area contributed by atoms with Crippen molar-refractivity contribution in [3.63, 3.8) is 0 Å². The molecule has 2 aromatic heterocycles. The van der Waals surface area contributed by atoms with Crippen LogP contribution < -0.4 is 15.5 Å². The number of benzene rings is 2. The van der Waals surface area contributed by atoms with Crippen LogP contribution in [-0.4, -0.2) is 40.8 Å². The molecule has 0 atom stereocenters. The molecule has 0 spiro atoms. The second kappa shape index (κ2) is 9.95. The molecule has 8 nitrogen and oxygen atoms in total. The molecule has 2 heterocycles. The maximum Gasteiger partial charge on any atom is 0.343 e. The Labute approximate surface area is 190 Å². The smallest absolute Gasteiger partial charge is 0.343 e. The Morgan fingerprint density at radius 3 is 2.55 bits per heavy atom. The van der Waals surface area contributed by atoms with Gasteiger partial charge in [-0.3, -0.25) is 4.79 Å². The summed E-state index contributed by atoms with van der Waals surface area (Å²) < 4.78 is 12.0. The summed E-state index contributed by atoms with van der Waals surface area (Å²) in [4.78, 5) is 34.2. The Hall–Kier alpha value is -4.20. The molecule has 0 aliphatic carbocycles. The topological polar surface area (TPSA) is 95.3 Å². The van der Waals surface area contributed by atoms with E-state index < -0.39 is 11.4 Å². The van der Waals surface area contributed by atoms with Crippen LogP contribution in [0.2, 0.25) is 0 Å². The lowest BCUT2D eigenvalue weighted by molar-refractivity contribution is 0.0524. The highest BCUT2D eigenvalue weighted by Crippen LogP contribution is 2.18. The van der Waals surface area contributed by atoms with Crippen molar-refractivity contribution < 1.29 is 14.3 Å². The van der Waals surface area contributed by atoms with E-state index in [9.17, 15) is 9.59 Å². The van der Waals surface area contributed by atoms with Crippen molar-refractivity contribution in [1.82, 2.24) is 14.5 Å². The Morgan fingerprint density at radius 2 is 1.85 bits per heavy atom. The van der Waals surface area contributed by atoms with Crippen molar-refractivity contribution in [3.05, 3.63) is 88.3 Å². The van der Waals surface area contributed by atoms with Crippen LogP contribution in [0.3, 0.4) is 0 Å². The monoisotopic (exact) mass is 444 g/mol. The fourth-order valence-electron chi connectivity index (χ4n) is 3.45. The number of pyridine rings is 1. The highest BCUT2D eigenvalue weighted by Gasteiger charge is 2.18. The standard InChI is InChI=1S/C25H24N4O4/c1-3-33-24(31)21-16-29(18-7-5-4-6-8-18)23-20(22(21)30)15-27-25(28-23)26-14-13-17-9-11-19(32-2)12-10-17/h4-12,15-16H,3,13-14H2,1-2H3,(H,26,27,28). The molecule has 33 heavy (non-hydrogen) atoms. The molecular weight excluding hydrogens is 420 g/mol. The van der Waals surface area contributed by atoms with E-state index in [2.05, 4.69) is 15.3 Å². The van der Waals surface area contributed by atoms with Crippen LogP contribution in [0.1, 0.15) is 22.8 Å². The molecule has 4 aromatic rings. The van der Waals surface area contributed by atoms with E-state index >= 15 is 0 Å². The highest BCUT2D eigenvalue weighted by atomic mass is 16.5. The van der Waals surface area contributed by atoms with E-state index in [0.29, 0.717) is 18.1 Å². The fraction of sp³-hybridized carbons (Fsp3) is 0.200. The number of fused-ring (bicyclic) bond motifs is 1. The van der Waals surface area contributed by atoms with Crippen LogP contribution >= 0.6 is 0 Å². The van der Waals surface area contributed by atoms with E-state index in [1.807, 2.05) is 54.6 Å². The molecule has 4 rings (SSSR count). The lowest BCUT2D eigenvalue weighted by atomic mass is 10.1. The summed E-state index contributed by atoms with van der Waals surface area (Å²) in [5.74, 6) is 0.533. The van der Waals surface area contributed by atoms with E-state index in [1.54, 1.807) is 18.6 Å². The number of para-hydroxylation sites is 1. The van der Waals surface area contributed by atoms with Gasteiger partial charge < -0.3 is 19.4 Å². The number of methoxy groups -OCH3 is 1. The summed E-state index contributed by atoms with van der Waals surface area (Å²) in [5.41, 5.74) is 1.79. The molecular formula is C25H24N4O4. The number of nitrogens with one attached hydrogen (secondary N) is 1. The van der Waals surface area contributed by atoms with Gasteiger partial charge in [0, 0.05) is 24.6 Å². The molecule has 0 fully saturated rings. The van der Waals surface area contributed by atoms with Gasteiger partial charge in [-0.25, -0.2) is 9.78 Å². The third kappa shape index (κ3) is 4.85. The summed E-state index contributed by atoms with van der Waals surface area (Å²) in [7, 11) is 1.64. The van der Waals surface area contributed by atoms with Crippen LogP contribution in [0.5, 0.6) is 5.75 Å². The highest BCUT2D eigenvalue weighted by molar-refractivity contribution is 5.93. The van der Waals surface area contributed by atoms with Gasteiger partial charge in [0.25, 0.3) is 0 Å². The van der Waals surface area contributed by atoms with Gasteiger partial charge in [-0.05, 0) is 43.2 Å².